The summed E-state index contributed by atoms with van der Waals surface area (Å²) in [6.07, 6.45) is 6.36. The number of nitrogens with zero attached hydrogens (tertiary/aromatic N) is 2. The Morgan fingerprint density at radius 1 is 1.24 bits per heavy atom. The second kappa shape index (κ2) is 7.10. The molecule has 1 aromatic heterocycles. The van der Waals surface area contributed by atoms with Gasteiger partial charge >= 0.3 is 0 Å². The van der Waals surface area contributed by atoms with E-state index < -0.39 is 0 Å². The Morgan fingerprint density at radius 3 is 2.43 bits per heavy atom. The average Bonchev–Trinajstić information content (AvgIpc) is 2.81. The number of aliphatic hydroxyl groups excluding tert-OH is 1. The third kappa shape index (κ3) is 4.19. The number of unbranched alkanes of at least 4 members (excludes halogenated alkanes) is 2. The zero-order valence-corrected chi connectivity index (χ0v) is 14.8. The average molecular weight is 311 g/mol. The first-order chi connectivity index (χ1) is 9.96. The predicted molar refractivity (Wildman–Crippen MR) is 91.2 cm³/mol. The first kappa shape index (κ1) is 16.8. The molecule has 2 rings (SSSR count). The summed E-state index contributed by atoms with van der Waals surface area (Å²) in [6, 6.07) is 0. The van der Waals surface area contributed by atoms with E-state index in [9.17, 15) is 5.11 Å². The van der Waals surface area contributed by atoms with Crippen molar-refractivity contribution in [3.8, 4) is 0 Å². The molecule has 0 saturated heterocycles. The van der Waals surface area contributed by atoms with Gasteiger partial charge in [-0.2, -0.15) is 0 Å². The molecule has 1 N–H and O–H groups in total. The smallest absolute Gasteiger partial charge is 0.185 e. The van der Waals surface area contributed by atoms with Gasteiger partial charge in [0.25, 0.3) is 0 Å². The highest BCUT2D eigenvalue weighted by atomic mass is 32.1. The Kier molecular flexibility index (Phi) is 5.67. The number of aliphatic hydroxyl groups is 1. The van der Waals surface area contributed by atoms with Crippen LogP contribution in [0.2, 0.25) is 0 Å². The molecule has 1 aliphatic rings. The normalized spacial score (nSPS) is 20.3. The second-order valence-corrected chi connectivity index (χ2v) is 8.07. The van der Waals surface area contributed by atoms with Gasteiger partial charge in [-0.15, -0.1) is 0 Å². The van der Waals surface area contributed by atoms with Gasteiger partial charge in [-0.25, -0.2) is 4.98 Å². The zero-order valence-electron chi connectivity index (χ0n) is 14.0. The summed E-state index contributed by atoms with van der Waals surface area (Å²) < 4.78 is 0. The molecule has 1 aromatic rings. The van der Waals surface area contributed by atoms with Crippen LogP contribution in [-0.2, 0) is 6.42 Å². The van der Waals surface area contributed by atoms with Crippen LogP contribution in [-0.4, -0.2) is 23.2 Å². The van der Waals surface area contributed by atoms with Crippen molar-refractivity contribution in [1.29, 1.82) is 0 Å². The van der Waals surface area contributed by atoms with Crippen molar-refractivity contribution in [2.45, 2.75) is 72.3 Å². The van der Waals surface area contributed by atoms with E-state index in [0.717, 1.165) is 41.6 Å². The lowest BCUT2D eigenvalue weighted by Crippen LogP contribution is -2.26. The number of aromatic nitrogens is 1. The van der Waals surface area contributed by atoms with Crippen molar-refractivity contribution < 1.29 is 5.11 Å². The highest BCUT2D eigenvalue weighted by molar-refractivity contribution is 7.15. The summed E-state index contributed by atoms with van der Waals surface area (Å²) in [6.45, 7) is 11.1. The van der Waals surface area contributed by atoms with Crippen molar-refractivity contribution in [1.82, 2.24) is 4.98 Å². The third-order valence-electron chi connectivity index (χ3n) is 4.24. The lowest BCUT2D eigenvalue weighted by molar-refractivity contribution is 0.102. The molecule has 1 heterocycles. The molecule has 0 fully saturated rings. The number of anilines is 1. The van der Waals surface area contributed by atoms with E-state index in [2.05, 4.69) is 32.6 Å². The molecule has 0 amide bonds. The van der Waals surface area contributed by atoms with Crippen LogP contribution in [0.4, 0.5) is 5.13 Å². The number of fused-ring (bicyclic) bond motifs is 1. The minimum Gasteiger partial charge on any atom is -0.387 e. The number of rotatable bonds is 7. The third-order valence-corrected chi connectivity index (χ3v) is 5.50. The van der Waals surface area contributed by atoms with Gasteiger partial charge in [0, 0.05) is 13.1 Å². The fourth-order valence-electron chi connectivity index (χ4n) is 3.02. The van der Waals surface area contributed by atoms with Gasteiger partial charge in [-0.3, -0.25) is 0 Å². The molecule has 120 valence electrons. The molecule has 0 aromatic carbocycles. The first-order valence-corrected chi connectivity index (χ1v) is 9.21. The largest absolute Gasteiger partial charge is 0.387 e. The first-order valence-electron chi connectivity index (χ1n) is 8.39. The summed E-state index contributed by atoms with van der Waals surface area (Å²) in [5.41, 5.74) is 1.30. The fraction of sp³-hybridized carbons (Fsp3) is 0.824. The van der Waals surface area contributed by atoms with Gasteiger partial charge in [-0.05, 0) is 31.1 Å². The summed E-state index contributed by atoms with van der Waals surface area (Å²) >= 11 is 1.72. The zero-order chi connectivity index (χ0) is 15.5. The molecule has 0 saturated carbocycles. The van der Waals surface area contributed by atoms with E-state index in [1.165, 1.54) is 25.7 Å². The molecular formula is C17H30N2OS. The molecule has 1 unspecified atom stereocenters. The van der Waals surface area contributed by atoms with E-state index >= 15 is 0 Å². The number of thiazole rings is 1. The van der Waals surface area contributed by atoms with Crippen molar-refractivity contribution in [3.05, 3.63) is 10.6 Å². The number of hydrogen-bond acceptors (Lipinski definition) is 4. The maximum atomic E-state index is 10.4. The van der Waals surface area contributed by atoms with Crippen LogP contribution in [0.5, 0.6) is 0 Å². The molecule has 0 radical (unpaired) electrons. The van der Waals surface area contributed by atoms with Crippen LogP contribution < -0.4 is 4.90 Å². The highest BCUT2D eigenvalue weighted by Crippen LogP contribution is 2.44. The van der Waals surface area contributed by atoms with Gasteiger partial charge in [0.05, 0.1) is 16.7 Å². The van der Waals surface area contributed by atoms with Crippen LogP contribution in [0.25, 0.3) is 0 Å². The highest BCUT2D eigenvalue weighted by Gasteiger charge is 2.34. The van der Waals surface area contributed by atoms with Gasteiger partial charge in [0.1, 0.15) is 0 Å². The van der Waals surface area contributed by atoms with E-state index in [0.29, 0.717) is 0 Å². The second-order valence-electron chi connectivity index (χ2n) is 7.06. The minimum atomic E-state index is -0.325. The molecule has 21 heavy (non-hydrogen) atoms. The van der Waals surface area contributed by atoms with Crippen LogP contribution in [0.1, 0.15) is 76.5 Å². The van der Waals surface area contributed by atoms with Crippen molar-refractivity contribution in [2.75, 3.05) is 18.0 Å². The molecule has 3 nitrogen and oxygen atoms in total. The molecule has 0 bridgehead atoms. The van der Waals surface area contributed by atoms with Crippen LogP contribution in [0.3, 0.4) is 0 Å². The lowest BCUT2D eigenvalue weighted by atomic mass is 9.77. The quantitative estimate of drug-likeness (QED) is 0.802. The van der Waals surface area contributed by atoms with Crippen LogP contribution in [0.15, 0.2) is 0 Å². The topological polar surface area (TPSA) is 36.4 Å². The van der Waals surface area contributed by atoms with Gasteiger partial charge in [0.15, 0.2) is 5.13 Å². The summed E-state index contributed by atoms with van der Waals surface area (Å²) in [4.78, 5) is 8.43. The molecule has 0 spiro atoms. The standard InChI is InChI=1S/C17H30N2OS/c1-5-7-9-19(10-8-6-2)16-18-13-11-17(3,4)12-14(20)15(13)21-16/h14,20H,5-12H2,1-4H3. The maximum absolute atomic E-state index is 10.4. The van der Waals surface area contributed by atoms with Crippen molar-refractivity contribution in [2.24, 2.45) is 5.41 Å². The Labute approximate surface area is 133 Å². The maximum Gasteiger partial charge on any atom is 0.185 e. The predicted octanol–water partition coefficient (Wildman–Crippen LogP) is 4.56. The van der Waals surface area contributed by atoms with E-state index in [-0.39, 0.29) is 11.5 Å². The summed E-state index contributed by atoms with van der Waals surface area (Å²) in [7, 11) is 0. The minimum absolute atomic E-state index is 0.162. The molecular weight excluding hydrogens is 280 g/mol. The Balaban J connectivity index is 2.18. The lowest BCUT2D eigenvalue weighted by Gasteiger charge is -2.31. The molecule has 4 heteroatoms. The molecule has 1 atom stereocenters. The van der Waals surface area contributed by atoms with Crippen LogP contribution in [0, 0.1) is 5.41 Å². The monoisotopic (exact) mass is 310 g/mol. The summed E-state index contributed by atoms with van der Waals surface area (Å²) in [5, 5.41) is 11.5. The van der Waals surface area contributed by atoms with Crippen LogP contribution >= 0.6 is 11.3 Å². The van der Waals surface area contributed by atoms with E-state index in [1.807, 2.05) is 0 Å². The molecule has 1 aliphatic carbocycles. The fourth-order valence-corrected chi connectivity index (χ4v) is 4.13. The van der Waals surface area contributed by atoms with Gasteiger partial charge in [-0.1, -0.05) is 51.9 Å². The van der Waals surface area contributed by atoms with Gasteiger partial charge in [0.2, 0.25) is 0 Å². The summed E-state index contributed by atoms with van der Waals surface area (Å²) in [5.74, 6) is 0. The van der Waals surface area contributed by atoms with Gasteiger partial charge < -0.3 is 10.0 Å². The van der Waals surface area contributed by atoms with E-state index in [1.54, 1.807) is 11.3 Å². The van der Waals surface area contributed by atoms with E-state index in [4.69, 9.17) is 4.98 Å². The Hall–Kier alpha value is -0.610. The van der Waals surface area contributed by atoms with Crippen molar-refractivity contribution >= 4 is 16.5 Å². The SMILES string of the molecule is CCCCN(CCCC)c1nc2c(s1)C(O)CC(C)(C)C2. The number of hydrogen-bond donors (Lipinski definition) is 1. The Bertz CT molecular complexity index is 448. The molecule has 0 aliphatic heterocycles. The Morgan fingerprint density at radius 2 is 1.86 bits per heavy atom. The van der Waals surface area contributed by atoms with Crippen molar-refractivity contribution in [3.63, 3.8) is 0 Å².